The number of pyridine rings is 1. The van der Waals surface area contributed by atoms with Crippen LogP contribution in [0.4, 0.5) is 4.39 Å². The van der Waals surface area contributed by atoms with Gasteiger partial charge in [-0.05, 0) is 40.5 Å². The number of aromatic nitrogens is 3. The van der Waals surface area contributed by atoms with Gasteiger partial charge in [-0.25, -0.2) is 9.18 Å². The van der Waals surface area contributed by atoms with E-state index < -0.39 is 16.9 Å². The van der Waals surface area contributed by atoms with Crippen molar-refractivity contribution in [1.29, 1.82) is 0 Å². The Hall–Kier alpha value is -2.94. The molecule has 0 fully saturated rings. The molecule has 0 amide bonds. The smallest absolute Gasteiger partial charge is 0.354 e. The molecule has 0 saturated heterocycles. The van der Waals surface area contributed by atoms with Crippen LogP contribution in [0.1, 0.15) is 11.3 Å². The van der Waals surface area contributed by atoms with Crippen molar-refractivity contribution in [2.75, 3.05) is 0 Å². The first-order valence-electron chi connectivity index (χ1n) is 7.95. The van der Waals surface area contributed by atoms with Gasteiger partial charge in [0.05, 0.1) is 17.6 Å². The van der Waals surface area contributed by atoms with E-state index in [0.717, 1.165) is 0 Å². The highest BCUT2D eigenvalue weighted by Gasteiger charge is 2.24. The Labute approximate surface area is 159 Å². The van der Waals surface area contributed by atoms with E-state index in [9.17, 15) is 19.1 Å². The molecule has 0 saturated carbocycles. The molecule has 1 aromatic carbocycles. The van der Waals surface area contributed by atoms with Gasteiger partial charge >= 0.3 is 5.63 Å². The van der Waals surface area contributed by atoms with Crippen molar-refractivity contribution in [2.45, 2.75) is 13.5 Å². The quantitative estimate of drug-likeness (QED) is 0.524. The number of benzene rings is 1. The summed E-state index contributed by atoms with van der Waals surface area (Å²) < 4.78 is 21.2. The van der Waals surface area contributed by atoms with E-state index in [4.69, 9.17) is 4.42 Å². The molecule has 138 valence electrons. The third kappa shape index (κ3) is 2.57. The molecule has 27 heavy (non-hydrogen) atoms. The zero-order valence-corrected chi connectivity index (χ0v) is 15.9. The third-order valence-corrected chi connectivity index (χ3v) is 5.13. The van der Waals surface area contributed by atoms with Gasteiger partial charge in [0.1, 0.15) is 21.3 Å². The van der Waals surface area contributed by atoms with Crippen LogP contribution >= 0.6 is 15.9 Å². The lowest BCUT2D eigenvalue weighted by Gasteiger charge is -2.12. The van der Waals surface area contributed by atoms with Crippen molar-refractivity contribution < 1.29 is 13.9 Å². The SMILES string of the molecule is Cc1nn(C)c2c1c1oc(=O)c(Br)c(O)c1c(=O)n2Cc1ccc(F)cc1. The molecule has 0 atom stereocenters. The maximum absolute atomic E-state index is 13.2. The summed E-state index contributed by atoms with van der Waals surface area (Å²) >= 11 is 2.95. The normalized spacial score (nSPS) is 11.6. The van der Waals surface area contributed by atoms with Gasteiger partial charge in [0, 0.05) is 7.05 Å². The average Bonchev–Trinajstić information content (AvgIpc) is 2.92. The van der Waals surface area contributed by atoms with Crippen LogP contribution in [0.2, 0.25) is 0 Å². The van der Waals surface area contributed by atoms with Crippen LogP contribution in [-0.2, 0) is 13.6 Å². The van der Waals surface area contributed by atoms with Crippen LogP contribution in [-0.4, -0.2) is 19.5 Å². The number of hydrogen-bond acceptors (Lipinski definition) is 5. The molecule has 3 heterocycles. The Morgan fingerprint density at radius 3 is 2.56 bits per heavy atom. The lowest BCUT2D eigenvalue weighted by Crippen LogP contribution is -2.24. The van der Waals surface area contributed by atoms with Gasteiger partial charge in [-0.3, -0.25) is 14.0 Å². The number of aromatic hydroxyl groups is 1. The summed E-state index contributed by atoms with van der Waals surface area (Å²) in [5.41, 5.74) is 0.303. The molecule has 7 nitrogen and oxygen atoms in total. The molecule has 4 aromatic rings. The van der Waals surface area contributed by atoms with Gasteiger partial charge in [-0.1, -0.05) is 12.1 Å². The summed E-state index contributed by atoms with van der Waals surface area (Å²) in [6.45, 7) is 1.84. The molecule has 0 spiro atoms. The molecule has 0 radical (unpaired) electrons. The Balaban J connectivity index is 2.17. The van der Waals surface area contributed by atoms with Crippen molar-refractivity contribution in [3.8, 4) is 5.75 Å². The second-order valence-corrected chi connectivity index (χ2v) is 6.97. The van der Waals surface area contributed by atoms with Crippen LogP contribution in [0.3, 0.4) is 0 Å². The third-order valence-electron chi connectivity index (χ3n) is 4.43. The molecule has 3 aromatic heterocycles. The largest absolute Gasteiger partial charge is 0.506 e. The van der Waals surface area contributed by atoms with Crippen LogP contribution in [0.25, 0.3) is 22.0 Å². The van der Waals surface area contributed by atoms with Crippen LogP contribution in [0.15, 0.2) is 42.7 Å². The van der Waals surface area contributed by atoms with Crippen LogP contribution < -0.4 is 11.2 Å². The Bertz CT molecular complexity index is 1340. The molecule has 9 heteroatoms. The monoisotopic (exact) mass is 433 g/mol. The van der Waals surface area contributed by atoms with E-state index in [2.05, 4.69) is 21.0 Å². The highest BCUT2D eigenvalue weighted by molar-refractivity contribution is 9.10. The molecule has 0 aliphatic heterocycles. The molecular weight excluding hydrogens is 421 g/mol. The predicted molar refractivity (Wildman–Crippen MR) is 101 cm³/mol. The first-order chi connectivity index (χ1) is 12.8. The fourth-order valence-corrected chi connectivity index (χ4v) is 3.53. The standard InChI is InChI=1S/C18H13BrFN3O4/c1-8-11-15-12(14(24)13(19)18(26)27-15)17(25)23(16(11)22(2)21-8)7-9-3-5-10(20)6-4-9/h3-6,24H,7H2,1-2H3. The van der Waals surface area contributed by atoms with E-state index in [-0.39, 0.29) is 27.8 Å². The molecule has 0 aliphatic rings. The van der Waals surface area contributed by atoms with Gasteiger partial charge in [0.25, 0.3) is 5.56 Å². The molecule has 0 bridgehead atoms. The first-order valence-corrected chi connectivity index (χ1v) is 8.74. The average molecular weight is 434 g/mol. The maximum atomic E-state index is 13.2. The second-order valence-electron chi connectivity index (χ2n) is 6.18. The predicted octanol–water partition coefficient (Wildman–Crippen LogP) is 2.81. The molecule has 4 rings (SSSR count). The van der Waals surface area contributed by atoms with Gasteiger partial charge in [-0.2, -0.15) is 5.10 Å². The lowest BCUT2D eigenvalue weighted by atomic mass is 10.1. The summed E-state index contributed by atoms with van der Waals surface area (Å²) in [4.78, 5) is 25.2. The Morgan fingerprint density at radius 1 is 1.22 bits per heavy atom. The van der Waals surface area contributed by atoms with E-state index >= 15 is 0 Å². The summed E-state index contributed by atoms with van der Waals surface area (Å²) in [7, 11) is 1.67. The molecule has 1 N–H and O–H groups in total. The zero-order valence-electron chi connectivity index (χ0n) is 14.3. The lowest BCUT2D eigenvalue weighted by molar-refractivity contribution is 0.462. The second kappa shape index (κ2) is 6.05. The summed E-state index contributed by atoms with van der Waals surface area (Å²) in [6, 6.07) is 5.75. The molecule has 0 unspecified atom stereocenters. The maximum Gasteiger partial charge on any atom is 0.354 e. The highest BCUT2D eigenvalue weighted by atomic mass is 79.9. The highest BCUT2D eigenvalue weighted by Crippen LogP contribution is 2.33. The van der Waals surface area contributed by atoms with Crippen LogP contribution in [0, 0.1) is 12.7 Å². The van der Waals surface area contributed by atoms with Crippen molar-refractivity contribution in [3.63, 3.8) is 0 Å². The Kier molecular flexibility index (Phi) is 3.92. The number of rotatable bonds is 2. The van der Waals surface area contributed by atoms with Gasteiger partial charge < -0.3 is 9.52 Å². The van der Waals surface area contributed by atoms with E-state index in [1.165, 1.54) is 21.4 Å². The van der Waals surface area contributed by atoms with Gasteiger partial charge in [0.15, 0.2) is 11.3 Å². The minimum atomic E-state index is -0.791. The van der Waals surface area contributed by atoms with Crippen molar-refractivity contribution >= 4 is 37.9 Å². The fourth-order valence-electron chi connectivity index (χ4n) is 3.25. The first kappa shape index (κ1) is 17.5. The summed E-state index contributed by atoms with van der Waals surface area (Å²) in [5, 5.41) is 15.1. The number of aryl methyl sites for hydroxylation is 2. The van der Waals surface area contributed by atoms with Gasteiger partial charge in [0.2, 0.25) is 0 Å². The zero-order chi connectivity index (χ0) is 19.5. The minimum Gasteiger partial charge on any atom is -0.506 e. The summed E-state index contributed by atoms with van der Waals surface area (Å²) in [5.74, 6) is -0.862. The van der Waals surface area contributed by atoms with E-state index in [1.54, 1.807) is 26.1 Å². The number of hydrogen-bond donors (Lipinski definition) is 1. The minimum absolute atomic E-state index is 0.0124. The molecule has 0 aliphatic carbocycles. The topological polar surface area (TPSA) is 90.3 Å². The van der Waals surface area contributed by atoms with E-state index in [1.807, 2.05) is 0 Å². The fraction of sp³-hybridized carbons (Fsp3) is 0.167. The van der Waals surface area contributed by atoms with Crippen LogP contribution in [0.5, 0.6) is 5.75 Å². The summed E-state index contributed by atoms with van der Waals surface area (Å²) in [6.07, 6.45) is 0. The number of fused-ring (bicyclic) bond motifs is 3. The van der Waals surface area contributed by atoms with Crippen molar-refractivity contribution in [2.24, 2.45) is 7.05 Å². The van der Waals surface area contributed by atoms with Crippen molar-refractivity contribution in [3.05, 3.63) is 66.6 Å². The number of nitrogens with zero attached hydrogens (tertiary/aromatic N) is 3. The molecular formula is C18H13BrFN3O4. The van der Waals surface area contributed by atoms with E-state index in [0.29, 0.717) is 22.3 Å². The van der Waals surface area contributed by atoms with Crippen molar-refractivity contribution in [1.82, 2.24) is 14.3 Å². The Morgan fingerprint density at radius 2 is 1.89 bits per heavy atom. The van der Waals surface area contributed by atoms with Gasteiger partial charge in [-0.15, -0.1) is 0 Å². The number of halogens is 2.